The van der Waals surface area contributed by atoms with Crippen LogP contribution in [0, 0.1) is 0 Å². The molecule has 0 saturated heterocycles. The molecule has 14 heavy (non-hydrogen) atoms. The standard InChI is InChI=1S/C8H13F2NO2.ClH/c9-8(10)3-1-6(2-4-8)11-5-7(12)13;/h6,11H,1-5H2,(H,12,13);1H. The van der Waals surface area contributed by atoms with Crippen molar-refractivity contribution in [1.82, 2.24) is 5.32 Å². The van der Waals surface area contributed by atoms with Crippen molar-refractivity contribution in [3.05, 3.63) is 0 Å². The van der Waals surface area contributed by atoms with E-state index in [9.17, 15) is 13.6 Å². The normalized spacial score (nSPS) is 21.3. The Hall–Kier alpha value is -0.420. The third-order valence-electron chi connectivity index (χ3n) is 2.26. The second kappa shape index (κ2) is 5.46. The number of aliphatic carboxylic acids is 1. The second-order valence-electron chi connectivity index (χ2n) is 3.40. The summed E-state index contributed by atoms with van der Waals surface area (Å²) in [6.45, 7) is -0.143. The maximum atomic E-state index is 12.6. The molecule has 1 aliphatic rings. The third kappa shape index (κ3) is 4.72. The van der Waals surface area contributed by atoms with Gasteiger partial charge in [0.2, 0.25) is 5.92 Å². The first-order chi connectivity index (χ1) is 5.99. The number of alkyl halides is 2. The lowest BCUT2D eigenvalue weighted by Crippen LogP contribution is -2.39. The molecule has 0 spiro atoms. The van der Waals surface area contributed by atoms with Crippen molar-refractivity contribution in [2.24, 2.45) is 0 Å². The maximum absolute atomic E-state index is 12.6. The Morgan fingerprint density at radius 3 is 2.36 bits per heavy atom. The number of carboxylic acid groups (broad SMARTS) is 1. The minimum absolute atomic E-state index is 0. The predicted molar refractivity (Wildman–Crippen MR) is 50.1 cm³/mol. The highest BCUT2D eigenvalue weighted by Crippen LogP contribution is 2.32. The molecular formula is C8H14ClF2NO2. The minimum atomic E-state index is -2.54. The van der Waals surface area contributed by atoms with E-state index >= 15 is 0 Å². The third-order valence-corrected chi connectivity index (χ3v) is 2.26. The van der Waals surface area contributed by atoms with Crippen LogP contribution in [0.1, 0.15) is 25.7 Å². The molecule has 2 N–H and O–H groups in total. The van der Waals surface area contributed by atoms with Gasteiger partial charge in [0.15, 0.2) is 0 Å². The van der Waals surface area contributed by atoms with Crippen LogP contribution in [-0.4, -0.2) is 29.6 Å². The van der Waals surface area contributed by atoms with Crippen LogP contribution in [0.3, 0.4) is 0 Å². The zero-order valence-corrected chi connectivity index (χ0v) is 8.45. The summed E-state index contributed by atoms with van der Waals surface area (Å²) in [7, 11) is 0. The largest absolute Gasteiger partial charge is 0.480 e. The molecule has 0 aromatic rings. The van der Waals surface area contributed by atoms with Crippen molar-refractivity contribution in [2.75, 3.05) is 6.54 Å². The summed E-state index contributed by atoms with van der Waals surface area (Å²) in [6, 6.07) is -0.0595. The zero-order valence-electron chi connectivity index (χ0n) is 7.63. The van der Waals surface area contributed by atoms with Crippen LogP contribution in [0.5, 0.6) is 0 Å². The highest BCUT2D eigenvalue weighted by molar-refractivity contribution is 5.85. The molecule has 1 aliphatic carbocycles. The van der Waals surface area contributed by atoms with Crippen LogP contribution in [0.25, 0.3) is 0 Å². The molecule has 1 fully saturated rings. The summed E-state index contributed by atoms with van der Waals surface area (Å²) < 4.78 is 25.3. The molecule has 0 aliphatic heterocycles. The highest BCUT2D eigenvalue weighted by atomic mass is 35.5. The molecule has 0 unspecified atom stereocenters. The summed E-state index contributed by atoms with van der Waals surface area (Å²) in [5.41, 5.74) is 0. The number of carboxylic acids is 1. The Kier molecular flexibility index (Phi) is 5.29. The van der Waals surface area contributed by atoms with Crippen molar-refractivity contribution in [2.45, 2.75) is 37.6 Å². The van der Waals surface area contributed by atoms with Gasteiger partial charge in [-0.15, -0.1) is 12.4 Å². The van der Waals surface area contributed by atoms with Crippen molar-refractivity contribution < 1.29 is 18.7 Å². The SMILES string of the molecule is Cl.O=C(O)CNC1CCC(F)(F)CC1. The number of nitrogens with one attached hydrogen (secondary N) is 1. The number of hydrogen-bond acceptors (Lipinski definition) is 2. The quantitative estimate of drug-likeness (QED) is 0.774. The summed E-state index contributed by atoms with van der Waals surface area (Å²) in [5.74, 6) is -3.49. The van der Waals surface area contributed by atoms with Crippen molar-refractivity contribution >= 4 is 18.4 Å². The Morgan fingerprint density at radius 2 is 1.93 bits per heavy atom. The molecule has 0 aromatic carbocycles. The van der Waals surface area contributed by atoms with E-state index in [0.29, 0.717) is 12.8 Å². The fraction of sp³-hybridized carbons (Fsp3) is 0.875. The lowest BCUT2D eigenvalue weighted by Gasteiger charge is -2.28. The number of carbonyl (C=O) groups is 1. The van der Waals surface area contributed by atoms with Crippen molar-refractivity contribution in [3.63, 3.8) is 0 Å². The average molecular weight is 230 g/mol. The van der Waals surface area contributed by atoms with E-state index in [0.717, 1.165) is 0 Å². The smallest absolute Gasteiger partial charge is 0.317 e. The van der Waals surface area contributed by atoms with Gasteiger partial charge in [0.05, 0.1) is 6.54 Å². The Balaban J connectivity index is 0.00000169. The van der Waals surface area contributed by atoms with Gasteiger partial charge in [0.1, 0.15) is 0 Å². The molecular weight excluding hydrogens is 216 g/mol. The molecule has 6 heteroatoms. The van der Waals surface area contributed by atoms with E-state index in [1.165, 1.54) is 0 Å². The minimum Gasteiger partial charge on any atom is -0.480 e. The fourth-order valence-electron chi connectivity index (χ4n) is 1.48. The molecule has 0 bridgehead atoms. The van der Waals surface area contributed by atoms with Crippen LogP contribution in [0.2, 0.25) is 0 Å². The lowest BCUT2D eigenvalue weighted by molar-refractivity contribution is -0.136. The molecule has 0 heterocycles. The average Bonchev–Trinajstić information content (AvgIpc) is 2.02. The summed E-state index contributed by atoms with van der Waals surface area (Å²) in [5, 5.41) is 11.1. The summed E-state index contributed by atoms with van der Waals surface area (Å²) >= 11 is 0. The monoisotopic (exact) mass is 229 g/mol. The summed E-state index contributed by atoms with van der Waals surface area (Å²) in [4.78, 5) is 10.2. The molecule has 0 amide bonds. The van der Waals surface area contributed by atoms with Crippen molar-refractivity contribution in [1.29, 1.82) is 0 Å². The van der Waals surface area contributed by atoms with E-state index in [-0.39, 0.29) is 37.8 Å². The van der Waals surface area contributed by atoms with Gasteiger partial charge < -0.3 is 10.4 Å². The van der Waals surface area contributed by atoms with Crippen LogP contribution < -0.4 is 5.32 Å². The lowest BCUT2D eigenvalue weighted by atomic mass is 9.92. The van der Waals surface area contributed by atoms with Gasteiger partial charge in [-0.2, -0.15) is 0 Å². The molecule has 1 saturated carbocycles. The zero-order chi connectivity index (χ0) is 9.90. The molecule has 0 aromatic heterocycles. The van der Waals surface area contributed by atoms with Gasteiger partial charge in [-0.1, -0.05) is 0 Å². The van der Waals surface area contributed by atoms with Crippen LogP contribution in [0.4, 0.5) is 8.78 Å². The summed E-state index contributed by atoms with van der Waals surface area (Å²) in [6.07, 6.45) is 0.454. The molecule has 1 rings (SSSR count). The van der Waals surface area contributed by atoms with Gasteiger partial charge in [0, 0.05) is 18.9 Å². The topological polar surface area (TPSA) is 49.3 Å². The number of halogens is 3. The molecule has 84 valence electrons. The van der Waals surface area contributed by atoms with Gasteiger partial charge in [-0.25, -0.2) is 8.78 Å². The van der Waals surface area contributed by atoms with E-state index < -0.39 is 11.9 Å². The number of rotatable bonds is 3. The first-order valence-electron chi connectivity index (χ1n) is 4.33. The number of hydrogen-bond donors (Lipinski definition) is 2. The molecule has 3 nitrogen and oxygen atoms in total. The van der Waals surface area contributed by atoms with Crippen LogP contribution in [-0.2, 0) is 4.79 Å². The van der Waals surface area contributed by atoms with Gasteiger partial charge >= 0.3 is 5.97 Å². The Morgan fingerprint density at radius 1 is 1.43 bits per heavy atom. The van der Waals surface area contributed by atoms with Crippen molar-refractivity contribution in [3.8, 4) is 0 Å². The van der Waals surface area contributed by atoms with E-state index in [2.05, 4.69) is 5.32 Å². The van der Waals surface area contributed by atoms with Gasteiger partial charge in [-0.3, -0.25) is 4.79 Å². The first kappa shape index (κ1) is 13.6. The van der Waals surface area contributed by atoms with Gasteiger partial charge in [-0.05, 0) is 12.8 Å². The van der Waals surface area contributed by atoms with Crippen LogP contribution in [0.15, 0.2) is 0 Å². The van der Waals surface area contributed by atoms with E-state index in [1.807, 2.05) is 0 Å². The molecule has 0 radical (unpaired) electrons. The maximum Gasteiger partial charge on any atom is 0.317 e. The Labute approximate surface area is 87.3 Å². The molecule has 0 atom stereocenters. The predicted octanol–water partition coefficient (Wildman–Crippen LogP) is 1.66. The fourth-order valence-corrected chi connectivity index (χ4v) is 1.48. The first-order valence-corrected chi connectivity index (χ1v) is 4.33. The highest BCUT2D eigenvalue weighted by Gasteiger charge is 2.34. The van der Waals surface area contributed by atoms with Crippen LogP contribution >= 0.6 is 12.4 Å². The van der Waals surface area contributed by atoms with E-state index in [1.54, 1.807) is 0 Å². The Bertz CT molecular complexity index is 192. The van der Waals surface area contributed by atoms with Gasteiger partial charge in [0.25, 0.3) is 0 Å². The second-order valence-corrected chi connectivity index (χ2v) is 3.40. The van der Waals surface area contributed by atoms with E-state index in [4.69, 9.17) is 5.11 Å².